The minimum Gasteiger partial charge on any atom is -0.373 e. The molecular formula is C16H19F3N2O2S. The van der Waals surface area contributed by atoms with E-state index < -0.39 is 5.51 Å². The summed E-state index contributed by atoms with van der Waals surface area (Å²) in [5.41, 5.74) is -3.98. The Morgan fingerprint density at radius 1 is 1.33 bits per heavy atom. The first-order chi connectivity index (χ1) is 11.4. The summed E-state index contributed by atoms with van der Waals surface area (Å²) in [7, 11) is 0. The number of benzene rings is 1. The lowest BCUT2D eigenvalue weighted by molar-refractivity contribution is -0.0461. The van der Waals surface area contributed by atoms with Crippen molar-refractivity contribution >= 4 is 17.7 Å². The Morgan fingerprint density at radius 2 is 2.08 bits per heavy atom. The quantitative estimate of drug-likeness (QED) is 0.839. The SMILES string of the molecule is O=C(NC[C@@H]1CN2CCC[C@@H]2CO1)c1ccc(SC(F)(F)F)cc1. The summed E-state index contributed by atoms with van der Waals surface area (Å²) in [5, 5.41) is 2.80. The fourth-order valence-electron chi connectivity index (χ4n) is 3.13. The van der Waals surface area contributed by atoms with Gasteiger partial charge in [0, 0.05) is 29.6 Å². The molecule has 2 aliphatic rings. The monoisotopic (exact) mass is 360 g/mol. The van der Waals surface area contributed by atoms with Gasteiger partial charge in [-0.05, 0) is 55.4 Å². The van der Waals surface area contributed by atoms with Crippen molar-refractivity contribution in [3.8, 4) is 0 Å². The van der Waals surface area contributed by atoms with Gasteiger partial charge in [-0.3, -0.25) is 9.69 Å². The molecule has 1 amide bonds. The lowest BCUT2D eigenvalue weighted by atomic mass is 10.1. The predicted octanol–water partition coefficient (Wildman–Crippen LogP) is 2.89. The Hall–Kier alpha value is -1.25. The molecule has 0 unspecified atom stereocenters. The highest BCUT2D eigenvalue weighted by molar-refractivity contribution is 8.00. The molecule has 132 valence electrons. The summed E-state index contributed by atoms with van der Waals surface area (Å²) >= 11 is -0.191. The zero-order valence-electron chi connectivity index (χ0n) is 13.0. The maximum absolute atomic E-state index is 12.3. The third kappa shape index (κ3) is 4.64. The molecule has 2 fully saturated rings. The first-order valence-corrected chi connectivity index (χ1v) is 8.72. The Bertz CT molecular complexity index is 580. The third-order valence-electron chi connectivity index (χ3n) is 4.30. The lowest BCUT2D eigenvalue weighted by Crippen LogP contribution is -2.50. The number of hydrogen-bond acceptors (Lipinski definition) is 4. The molecule has 1 aromatic rings. The van der Waals surface area contributed by atoms with Gasteiger partial charge in [-0.15, -0.1) is 0 Å². The number of morpholine rings is 1. The van der Waals surface area contributed by atoms with E-state index in [0.717, 1.165) is 13.1 Å². The van der Waals surface area contributed by atoms with Crippen molar-refractivity contribution in [1.82, 2.24) is 10.2 Å². The van der Waals surface area contributed by atoms with E-state index in [1.165, 1.54) is 37.1 Å². The van der Waals surface area contributed by atoms with Gasteiger partial charge in [-0.25, -0.2) is 0 Å². The molecule has 4 nitrogen and oxygen atoms in total. The fraction of sp³-hybridized carbons (Fsp3) is 0.562. The minimum atomic E-state index is -4.32. The van der Waals surface area contributed by atoms with E-state index in [1.54, 1.807) is 0 Å². The molecule has 3 rings (SSSR count). The van der Waals surface area contributed by atoms with Crippen molar-refractivity contribution < 1.29 is 22.7 Å². The lowest BCUT2D eigenvalue weighted by Gasteiger charge is -2.35. The van der Waals surface area contributed by atoms with Crippen LogP contribution in [0.2, 0.25) is 0 Å². The summed E-state index contributed by atoms with van der Waals surface area (Å²) in [5.74, 6) is -0.300. The first-order valence-electron chi connectivity index (χ1n) is 7.90. The molecule has 2 heterocycles. The Kier molecular flexibility index (Phi) is 5.36. The minimum absolute atomic E-state index is 0.0386. The molecule has 0 aliphatic carbocycles. The van der Waals surface area contributed by atoms with Crippen LogP contribution < -0.4 is 5.32 Å². The van der Waals surface area contributed by atoms with Gasteiger partial charge in [0.1, 0.15) is 0 Å². The van der Waals surface area contributed by atoms with Crippen LogP contribution >= 0.6 is 11.8 Å². The van der Waals surface area contributed by atoms with Gasteiger partial charge in [0.25, 0.3) is 5.91 Å². The van der Waals surface area contributed by atoms with Gasteiger partial charge in [0.05, 0.1) is 12.7 Å². The van der Waals surface area contributed by atoms with E-state index in [4.69, 9.17) is 4.74 Å². The van der Waals surface area contributed by atoms with E-state index in [9.17, 15) is 18.0 Å². The van der Waals surface area contributed by atoms with Gasteiger partial charge < -0.3 is 10.1 Å². The summed E-state index contributed by atoms with van der Waals surface area (Å²) in [6.07, 6.45) is 2.32. The molecule has 2 saturated heterocycles. The molecule has 0 saturated carbocycles. The van der Waals surface area contributed by atoms with Gasteiger partial charge in [0.15, 0.2) is 0 Å². The number of rotatable bonds is 4. The Labute approximate surface area is 142 Å². The molecule has 1 aromatic carbocycles. The zero-order chi connectivity index (χ0) is 17.2. The van der Waals surface area contributed by atoms with E-state index in [-0.39, 0.29) is 28.7 Å². The predicted molar refractivity (Wildman–Crippen MR) is 85.0 cm³/mol. The first kappa shape index (κ1) is 17.6. The van der Waals surface area contributed by atoms with Crippen LogP contribution in [0.1, 0.15) is 23.2 Å². The van der Waals surface area contributed by atoms with E-state index in [0.29, 0.717) is 24.8 Å². The van der Waals surface area contributed by atoms with Crippen molar-refractivity contribution in [2.75, 3.05) is 26.2 Å². The number of carbonyl (C=O) groups is 1. The van der Waals surface area contributed by atoms with Crippen LogP contribution in [0.4, 0.5) is 13.2 Å². The summed E-state index contributed by atoms with van der Waals surface area (Å²) in [4.78, 5) is 14.6. The van der Waals surface area contributed by atoms with Gasteiger partial charge in [-0.2, -0.15) is 13.2 Å². The standard InChI is InChI=1S/C16H19F3N2O2S/c17-16(18,19)24-14-5-3-11(4-6-14)15(22)20-8-13-9-21-7-1-2-12(21)10-23-13/h3-6,12-13H,1-2,7-10H2,(H,20,22)/t12-,13-/m1/s1. The number of fused-ring (bicyclic) bond motifs is 1. The highest BCUT2D eigenvalue weighted by Gasteiger charge is 2.32. The average molecular weight is 360 g/mol. The fourth-order valence-corrected chi connectivity index (χ4v) is 3.67. The molecule has 2 atom stereocenters. The second-order valence-electron chi connectivity index (χ2n) is 6.03. The maximum Gasteiger partial charge on any atom is 0.446 e. The van der Waals surface area contributed by atoms with Gasteiger partial charge >= 0.3 is 5.51 Å². The topological polar surface area (TPSA) is 41.6 Å². The molecule has 2 aliphatic heterocycles. The Morgan fingerprint density at radius 3 is 2.79 bits per heavy atom. The Balaban J connectivity index is 1.48. The van der Waals surface area contributed by atoms with Crippen molar-refractivity contribution in [1.29, 1.82) is 0 Å². The molecule has 0 aromatic heterocycles. The molecule has 0 radical (unpaired) electrons. The third-order valence-corrected chi connectivity index (χ3v) is 5.04. The largest absolute Gasteiger partial charge is 0.446 e. The summed E-state index contributed by atoms with van der Waals surface area (Å²) in [6, 6.07) is 5.93. The number of amides is 1. The summed E-state index contributed by atoms with van der Waals surface area (Å²) < 4.78 is 42.6. The molecule has 8 heteroatoms. The van der Waals surface area contributed by atoms with Crippen LogP contribution in [0.25, 0.3) is 0 Å². The van der Waals surface area contributed by atoms with Gasteiger partial charge in [-0.1, -0.05) is 0 Å². The maximum atomic E-state index is 12.3. The number of nitrogens with zero attached hydrogens (tertiary/aromatic N) is 1. The van der Waals surface area contributed by atoms with Crippen LogP contribution in [0.5, 0.6) is 0 Å². The van der Waals surface area contributed by atoms with Crippen molar-refractivity contribution in [3.63, 3.8) is 0 Å². The second-order valence-corrected chi connectivity index (χ2v) is 7.17. The highest BCUT2D eigenvalue weighted by atomic mass is 32.2. The highest BCUT2D eigenvalue weighted by Crippen LogP contribution is 2.36. The van der Waals surface area contributed by atoms with E-state index >= 15 is 0 Å². The number of ether oxygens (including phenoxy) is 1. The smallest absolute Gasteiger partial charge is 0.373 e. The zero-order valence-corrected chi connectivity index (χ0v) is 13.8. The van der Waals surface area contributed by atoms with Crippen LogP contribution in [-0.4, -0.2) is 54.7 Å². The number of hydrogen-bond donors (Lipinski definition) is 1. The molecule has 1 N–H and O–H groups in total. The van der Waals surface area contributed by atoms with Crippen molar-refractivity contribution in [2.45, 2.75) is 35.4 Å². The van der Waals surface area contributed by atoms with Crippen LogP contribution in [0.3, 0.4) is 0 Å². The normalized spacial score (nSPS) is 24.6. The number of alkyl halides is 3. The van der Waals surface area contributed by atoms with E-state index in [1.807, 2.05) is 0 Å². The molecule has 0 spiro atoms. The summed E-state index contributed by atoms with van der Waals surface area (Å²) in [6.45, 7) is 2.99. The number of halogens is 3. The van der Waals surface area contributed by atoms with Crippen LogP contribution in [0, 0.1) is 0 Å². The van der Waals surface area contributed by atoms with Crippen molar-refractivity contribution in [2.24, 2.45) is 0 Å². The number of carbonyl (C=O) groups excluding carboxylic acids is 1. The number of nitrogens with one attached hydrogen (secondary N) is 1. The molecular weight excluding hydrogens is 341 g/mol. The molecule has 0 bridgehead atoms. The second kappa shape index (κ2) is 7.33. The average Bonchev–Trinajstić information content (AvgIpc) is 2.99. The van der Waals surface area contributed by atoms with Crippen LogP contribution in [-0.2, 0) is 4.74 Å². The van der Waals surface area contributed by atoms with E-state index in [2.05, 4.69) is 10.2 Å². The number of thioether (sulfide) groups is 1. The van der Waals surface area contributed by atoms with Gasteiger partial charge in [0.2, 0.25) is 0 Å². The molecule has 24 heavy (non-hydrogen) atoms. The van der Waals surface area contributed by atoms with Crippen LogP contribution in [0.15, 0.2) is 29.2 Å². The van der Waals surface area contributed by atoms with Crippen molar-refractivity contribution in [3.05, 3.63) is 29.8 Å².